The fraction of sp³-hybridized carbons (Fsp3) is 0.259. The summed E-state index contributed by atoms with van der Waals surface area (Å²) < 4.78 is 32.5. The number of hydrogen-bond donors (Lipinski definition) is 1. The van der Waals surface area contributed by atoms with Crippen molar-refractivity contribution >= 4 is 33.6 Å². The second-order valence-electron chi connectivity index (χ2n) is 9.96. The largest absolute Gasteiger partial charge is 0.481 e. The molecule has 1 saturated heterocycles. The first-order valence-electron chi connectivity index (χ1n) is 12.1. The number of benzene rings is 2. The minimum atomic E-state index is -0.715. The maximum absolute atomic E-state index is 15.0. The number of aromatic nitrogens is 5. The Kier molecular flexibility index (Phi) is 4.49. The maximum atomic E-state index is 15.0. The van der Waals surface area contributed by atoms with E-state index in [0.29, 0.717) is 57.4 Å². The molecule has 10 heteroatoms. The van der Waals surface area contributed by atoms with Crippen molar-refractivity contribution in [2.24, 2.45) is 24.8 Å². The van der Waals surface area contributed by atoms with Crippen LogP contribution in [0.2, 0.25) is 0 Å². The standard InChI is InChI=1S/C27H22F2N6O2/c1-13-8-14(28)9-17-24(16-4-3-5-20-23(16)26(29)33(2)31-20)32-35(25(13)17)15-6-7-21(30-10-15)34-11-18-19(12-34)22(18)27(36)37/h3-10,18-19,22H,11-12H2,1-2H3,(H,36,37)/t18-,19+,22?. The first-order chi connectivity index (χ1) is 17.8. The highest BCUT2D eigenvalue weighted by atomic mass is 19.1. The Morgan fingerprint density at radius 2 is 1.86 bits per heavy atom. The molecule has 7 rings (SSSR count). The van der Waals surface area contributed by atoms with Gasteiger partial charge in [-0.3, -0.25) is 4.79 Å². The molecule has 8 nitrogen and oxygen atoms in total. The summed E-state index contributed by atoms with van der Waals surface area (Å²) in [6.45, 7) is 3.18. The van der Waals surface area contributed by atoms with Gasteiger partial charge in [-0.05, 0) is 54.7 Å². The van der Waals surface area contributed by atoms with Crippen LogP contribution >= 0.6 is 0 Å². The van der Waals surface area contributed by atoms with Gasteiger partial charge in [-0.15, -0.1) is 0 Å². The smallest absolute Gasteiger partial charge is 0.307 e. The molecular weight excluding hydrogens is 478 g/mol. The van der Waals surface area contributed by atoms with E-state index in [4.69, 9.17) is 5.10 Å². The maximum Gasteiger partial charge on any atom is 0.307 e. The molecule has 2 fully saturated rings. The van der Waals surface area contributed by atoms with Gasteiger partial charge >= 0.3 is 5.97 Å². The summed E-state index contributed by atoms with van der Waals surface area (Å²) in [5, 5.41) is 19.2. The number of anilines is 1. The van der Waals surface area contributed by atoms with Gasteiger partial charge in [-0.2, -0.15) is 14.6 Å². The molecule has 3 aromatic heterocycles. The van der Waals surface area contributed by atoms with Gasteiger partial charge in [0.25, 0.3) is 0 Å². The number of halogens is 2. The molecule has 0 amide bonds. The fourth-order valence-electron chi connectivity index (χ4n) is 5.96. The van der Waals surface area contributed by atoms with Gasteiger partial charge < -0.3 is 10.0 Å². The van der Waals surface area contributed by atoms with E-state index in [9.17, 15) is 14.3 Å². The van der Waals surface area contributed by atoms with Crippen LogP contribution in [0.15, 0.2) is 48.7 Å². The quantitative estimate of drug-likeness (QED) is 0.395. The average molecular weight is 501 g/mol. The van der Waals surface area contributed by atoms with E-state index < -0.39 is 17.7 Å². The van der Waals surface area contributed by atoms with Crippen molar-refractivity contribution < 1.29 is 18.7 Å². The van der Waals surface area contributed by atoms with Crippen LogP contribution in [0.5, 0.6) is 0 Å². The molecule has 1 aliphatic heterocycles. The Morgan fingerprint density at radius 1 is 1.08 bits per heavy atom. The van der Waals surface area contributed by atoms with Gasteiger partial charge in [0.15, 0.2) is 0 Å². The summed E-state index contributed by atoms with van der Waals surface area (Å²) in [4.78, 5) is 18.0. The molecule has 1 aliphatic carbocycles. The summed E-state index contributed by atoms with van der Waals surface area (Å²) >= 11 is 0. The van der Waals surface area contributed by atoms with Crippen molar-refractivity contribution in [2.75, 3.05) is 18.0 Å². The number of fused-ring (bicyclic) bond motifs is 3. The Bertz CT molecular complexity index is 1730. The van der Waals surface area contributed by atoms with Crippen LogP contribution in [-0.4, -0.2) is 48.7 Å². The molecule has 5 aromatic rings. The van der Waals surface area contributed by atoms with Gasteiger partial charge in [0.05, 0.1) is 34.2 Å². The Labute approximate surface area is 209 Å². The van der Waals surface area contributed by atoms with E-state index >= 15 is 4.39 Å². The van der Waals surface area contributed by atoms with Crippen molar-refractivity contribution in [1.82, 2.24) is 24.5 Å². The molecule has 4 heterocycles. The fourth-order valence-corrected chi connectivity index (χ4v) is 5.96. The third kappa shape index (κ3) is 3.18. The van der Waals surface area contributed by atoms with Crippen molar-refractivity contribution in [1.29, 1.82) is 0 Å². The molecule has 37 heavy (non-hydrogen) atoms. The number of aryl methyl sites for hydroxylation is 2. The van der Waals surface area contributed by atoms with Crippen LogP contribution in [0.1, 0.15) is 5.56 Å². The number of rotatable bonds is 4. The number of hydrogen-bond acceptors (Lipinski definition) is 5. The summed E-state index contributed by atoms with van der Waals surface area (Å²) in [5.41, 5.74) is 3.56. The van der Waals surface area contributed by atoms with Crippen LogP contribution in [0.25, 0.3) is 38.8 Å². The van der Waals surface area contributed by atoms with Crippen molar-refractivity contribution in [2.45, 2.75) is 6.92 Å². The monoisotopic (exact) mass is 500 g/mol. The number of pyridine rings is 1. The predicted molar refractivity (Wildman–Crippen MR) is 134 cm³/mol. The zero-order chi connectivity index (χ0) is 25.6. The number of carbonyl (C=O) groups is 1. The first kappa shape index (κ1) is 21.9. The number of aliphatic carboxylic acids is 1. The Hall–Kier alpha value is -4.34. The molecule has 1 saturated carbocycles. The average Bonchev–Trinajstić information content (AvgIpc) is 3.13. The van der Waals surface area contributed by atoms with Crippen LogP contribution in [0, 0.1) is 36.4 Å². The Morgan fingerprint density at radius 3 is 2.57 bits per heavy atom. The summed E-state index contributed by atoms with van der Waals surface area (Å²) in [6.07, 6.45) is 1.71. The van der Waals surface area contributed by atoms with Crippen LogP contribution in [0.4, 0.5) is 14.6 Å². The highest BCUT2D eigenvalue weighted by molar-refractivity contribution is 6.03. The van der Waals surface area contributed by atoms with Gasteiger partial charge in [0.1, 0.15) is 17.3 Å². The highest BCUT2D eigenvalue weighted by Crippen LogP contribution is 2.52. The minimum absolute atomic E-state index is 0.185. The van der Waals surface area contributed by atoms with E-state index in [1.165, 1.54) is 16.8 Å². The molecular formula is C27H22F2N6O2. The van der Waals surface area contributed by atoms with E-state index in [1.807, 2.05) is 19.1 Å². The second-order valence-corrected chi connectivity index (χ2v) is 9.96. The summed E-state index contributed by atoms with van der Waals surface area (Å²) in [5.74, 6) is -0.683. The van der Waals surface area contributed by atoms with Gasteiger partial charge in [0.2, 0.25) is 5.95 Å². The number of nitrogens with zero attached hydrogens (tertiary/aromatic N) is 6. The van der Waals surface area contributed by atoms with Crippen LogP contribution in [-0.2, 0) is 11.8 Å². The Balaban J connectivity index is 1.32. The molecule has 2 aliphatic rings. The second kappa shape index (κ2) is 7.58. The lowest BCUT2D eigenvalue weighted by atomic mass is 10.0. The lowest BCUT2D eigenvalue weighted by Gasteiger charge is -2.20. The first-order valence-corrected chi connectivity index (χ1v) is 12.1. The normalized spacial score (nSPS) is 20.6. The summed E-state index contributed by atoms with van der Waals surface area (Å²) in [6, 6.07) is 11.9. The molecule has 1 unspecified atom stereocenters. The lowest BCUT2D eigenvalue weighted by Crippen LogP contribution is -2.26. The molecule has 3 atom stereocenters. The van der Waals surface area contributed by atoms with E-state index in [-0.39, 0.29) is 17.8 Å². The van der Waals surface area contributed by atoms with Crippen molar-refractivity contribution in [3.05, 3.63) is 66.0 Å². The zero-order valence-corrected chi connectivity index (χ0v) is 20.1. The SMILES string of the molecule is Cc1cc(F)cc2c(-c3cccc4nn(C)c(F)c34)nn(-c3ccc(N4C[C@@H]5C(C(=O)O)[C@@H]5C4)nc3)c12. The van der Waals surface area contributed by atoms with Gasteiger partial charge in [-0.25, -0.2) is 18.7 Å². The summed E-state index contributed by atoms with van der Waals surface area (Å²) in [7, 11) is 1.54. The zero-order valence-electron chi connectivity index (χ0n) is 20.1. The molecule has 0 radical (unpaired) electrons. The number of carboxylic acid groups (broad SMARTS) is 1. The van der Waals surface area contributed by atoms with Crippen LogP contribution in [0.3, 0.4) is 0 Å². The van der Waals surface area contributed by atoms with Crippen molar-refractivity contribution in [3.63, 3.8) is 0 Å². The van der Waals surface area contributed by atoms with Crippen LogP contribution < -0.4 is 4.90 Å². The van der Waals surface area contributed by atoms with Gasteiger partial charge in [-0.1, -0.05) is 12.1 Å². The number of carboxylic acids is 1. The molecule has 2 aromatic carbocycles. The van der Waals surface area contributed by atoms with Gasteiger partial charge in [0, 0.05) is 31.1 Å². The van der Waals surface area contributed by atoms with Crippen molar-refractivity contribution in [3.8, 4) is 16.9 Å². The molecule has 1 N–H and O–H groups in total. The third-order valence-corrected chi connectivity index (χ3v) is 7.76. The lowest BCUT2D eigenvalue weighted by molar-refractivity contribution is -0.139. The minimum Gasteiger partial charge on any atom is -0.481 e. The number of piperidine rings is 1. The molecule has 186 valence electrons. The van der Waals surface area contributed by atoms with E-state index in [1.54, 1.807) is 36.1 Å². The predicted octanol–water partition coefficient (Wildman–Crippen LogP) is 4.33. The third-order valence-electron chi connectivity index (χ3n) is 7.76. The molecule has 0 bridgehead atoms. The topological polar surface area (TPSA) is 89.1 Å². The highest BCUT2D eigenvalue weighted by Gasteiger charge is 2.60. The van der Waals surface area contributed by atoms with E-state index in [0.717, 1.165) is 5.82 Å². The van der Waals surface area contributed by atoms with E-state index in [2.05, 4.69) is 15.0 Å². The molecule has 0 spiro atoms.